The van der Waals surface area contributed by atoms with Crippen LogP contribution in [0.25, 0.3) is 0 Å². The third-order valence-corrected chi connectivity index (χ3v) is 3.25. The molecule has 4 heteroatoms. The van der Waals surface area contributed by atoms with Gasteiger partial charge in [-0.2, -0.15) is 0 Å². The van der Waals surface area contributed by atoms with Crippen molar-refractivity contribution < 1.29 is 13.8 Å². The quantitative estimate of drug-likeness (QED) is 0.849. The van der Waals surface area contributed by atoms with E-state index in [4.69, 9.17) is 19.3 Å². The van der Waals surface area contributed by atoms with Gasteiger partial charge in [0.05, 0.1) is 0 Å². The van der Waals surface area contributed by atoms with Gasteiger partial charge in [-0.3, -0.25) is 0 Å². The Morgan fingerprint density at radius 1 is 1.18 bits per heavy atom. The Labute approximate surface area is 78.9 Å². The monoisotopic (exact) mass is 367 g/mol. The summed E-state index contributed by atoms with van der Waals surface area (Å²) in [6, 6.07) is 9.81. The van der Waals surface area contributed by atoms with Crippen molar-refractivity contribution in [1.29, 1.82) is 0 Å². The van der Waals surface area contributed by atoms with Gasteiger partial charge >= 0.3 is 79.1 Å². The Bertz CT molecular complexity index is 244. The van der Waals surface area contributed by atoms with E-state index in [9.17, 15) is 0 Å². The van der Waals surface area contributed by atoms with Crippen LogP contribution in [0.5, 0.6) is 0 Å². The van der Waals surface area contributed by atoms with E-state index < -0.39 is 13.8 Å². The van der Waals surface area contributed by atoms with Gasteiger partial charge in [-0.25, -0.2) is 0 Å². The van der Waals surface area contributed by atoms with E-state index >= 15 is 0 Å². The Morgan fingerprint density at radius 2 is 1.82 bits per heavy atom. The number of hydrogen-bond donors (Lipinski definition) is 1. The summed E-state index contributed by atoms with van der Waals surface area (Å²) in [6.07, 6.45) is 0. The molecule has 11 heavy (non-hydrogen) atoms. The van der Waals surface area contributed by atoms with Crippen LogP contribution in [-0.4, -0.2) is 4.69 Å². The second-order valence-electron chi connectivity index (χ2n) is 1.82. The summed E-state index contributed by atoms with van der Waals surface area (Å²) in [5.41, 5.74) is 1.03. The number of hydrogen-bond acceptors (Lipinski definition) is 1. The maximum atomic E-state index is 5.65. The topological polar surface area (TPSA) is 12.0 Å². The molecule has 1 rings (SSSR count). The van der Waals surface area contributed by atoms with E-state index in [1.807, 2.05) is 30.3 Å². The van der Waals surface area contributed by atoms with Crippen LogP contribution < -0.4 is 5.32 Å². The fourth-order valence-corrected chi connectivity index (χ4v) is 1.96. The molecule has 0 saturated heterocycles. The van der Waals surface area contributed by atoms with Crippen molar-refractivity contribution in [3.8, 4) is 0 Å². The molecule has 0 saturated carbocycles. The molecule has 0 unspecified atom stereocenters. The van der Waals surface area contributed by atoms with Crippen molar-refractivity contribution in [2.24, 2.45) is 0 Å². The molecule has 0 aromatic heterocycles. The fraction of sp³-hybridized carbons (Fsp3) is 0. The molecule has 1 nitrogen and oxygen atoms in total. The number of para-hydroxylation sites is 1. The van der Waals surface area contributed by atoms with Crippen LogP contribution in [0.15, 0.2) is 30.3 Å². The van der Waals surface area contributed by atoms with Gasteiger partial charge in [0.15, 0.2) is 0 Å². The second-order valence-corrected chi connectivity index (χ2v) is 9.86. The van der Waals surface area contributed by atoms with E-state index in [0.29, 0.717) is 0 Å². The average molecular weight is 366 g/mol. The number of nitrogens with one attached hydrogen (secondary N) is 1. The summed E-state index contributed by atoms with van der Waals surface area (Å²) in [4.78, 5) is 0. The van der Waals surface area contributed by atoms with E-state index in [-0.39, 0.29) is 0 Å². The second kappa shape index (κ2) is 4.88. The van der Waals surface area contributed by atoms with Gasteiger partial charge in [-0.15, -0.1) is 0 Å². The third kappa shape index (κ3) is 3.87. The normalized spacial score (nSPS) is 10.5. The molecule has 0 aliphatic rings. The molecule has 0 heterocycles. The summed E-state index contributed by atoms with van der Waals surface area (Å²) in [5, 5.41) is 3.03. The molecule has 1 aromatic rings. The maximum absolute atomic E-state index is 5.65. The first kappa shape index (κ1) is 9.20. The minimum atomic E-state index is -1.94. The molecule has 62 valence electrons. The van der Waals surface area contributed by atoms with Gasteiger partial charge in [0.25, 0.3) is 0 Å². The minimum absolute atomic E-state index is 1.03. The van der Waals surface area contributed by atoms with Gasteiger partial charge in [0, 0.05) is 0 Å². The van der Waals surface area contributed by atoms with E-state index in [1.165, 1.54) is 0 Å². The first-order valence-corrected chi connectivity index (χ1v) is 10.7. The van der Waals surface area contributed by atoms with Gasteiger partial charge < -0.3 is 0 Å². The van der Waals surface area contributed by atoms with Crippen LogP contribution in [0.3, 0.4) is 0 Å². The Hall–Kier alpha value is 0.106. The zero-order chi connectivity index (χ0) is 8.10. The SMILES string of the molecule is [Cl][Os]([Cl])=[CH]Nc1ccccc1. The molecule has 0 radical (unpaired) electrons. The molecule has 0 aliphatic carbocycles. The Kier molecular flexibility index (Phi) is 4.08. The van der Waals surface area contributed by atoms with Gasteiger partial charge in [0.2, 0.25) is 0 Å². The fourth-order valence-electron chi connectivity index (χ4n) is 0.632. The van der Waals surface area contributed by atoms with E-state index in [2.05, 4.69) is 5.32 Å². The van der Waals surface area contributed by atoms with E-state index in [1.54, 1.807) is 4.69 Å². The molecule has 1 aromatic carbocycles. The van der Waals surface area contributed by atoms with Crippen molar-refractivity contribution in [2.75, 3.05) is 5.32 Å². The zero-order valence-electron chi connectivity index (χ0n) is 5.57. The standard InChI is InChI=1S/C7H7N.2ClH.Os/c1-8-7-5-3-2-4-6-7;;;/h1-6,8H;2*1H;/q;;;+2/p-2. The summed E-state index contributed by atoms with van der Waals surface area (Å²) in [5.74, 6) is 0. The summed E-state index contributed by atoms with van der Waals surface area (Å²) in [7, 11) is 11.3. The molecule has 0 amide bonds. The van der Waals surface area contributed by atoms with Crippen molar-refractivity contribution in [3.63, 3.8) is 0 Å². The number of halogens is 2. The summed E-state index contributed by atoms with van der Waals surface area (Å²) >= 11 is -1.94. The van der Waals surface area contributed by atoms with Crippen LogP contribution in [0, 0.1) is 0 Å². The Morgan fingerprint density at radius 3 is 2.36 bits per heavy atom. The molecule has 0 bridgehead atoms. The molecule has 0 fully saturated rings. The Balaban J connectivity index is 2.59. The molecular weight excluding hydrogens is 359 g/mol. The van der Waals surface area contributed by atoms with Crippen LogP contribution in [0.1, 0.15) is 0 Å². The van der Waals surface area contributed by atoms with Crippen molar-refractivity contribution in [2.45, 2.75) is 0 Å². The van der Waals surface area contributed by atoms with Crippen LogP contribution >= 0.6 is 19.3 Å². The number of anilines is 1. The summed E-state index contributed by atoms with van der Waals surface area (Å²) in [6.45, 7) is 0. The van der Waals surface area contributed by atoms with Crippen molar-refractivity contribution in [3.05, 3.63) is 30.3 Å². The van der Waals surface area contributed by atoms with Crippen LogP contribution in [-0.2, 0) is 13.8 Å². The molecular formula is C7H7Cl2NOs. The summed E-state index contributed by atoms with van der Waals surface area (Å²) < 4.78 is 1.79. The van der Waals surface area contributed by atoms with Gasteiger partial charge in [-0.05, 0) is 0 Å². The average Bonchev–Trinajstić information content (AvgIpc) is 2.03. The molecule has 0 spiro atoms. The molecule has 0 atom stereocenters. The van der Waals surface area contributed by atoms with Gasteiger partial charge in [-0.1, -0.05) is 0 Å². The predicted molar refractivity (Wildman–Crippen MR) is 47.8 cm³/mol. The van der Waals surface area contributed by atoms with Crippen LogP contribution in [0.2, 0.25) is 0 Å². The number of benzene rings is 1. The molecule has 0 aliphatic heterocycles. The van der Waals surface area contributed by atoms with Crippen LogP contribution in [0.4, 0.5) is 5.69 Å². The first-order valence-electron chi connectivity index (χ1n) is 2.92. The zero-order valence-corrected chi connectivity index (χ0v) is 9.63. The molecule has 1 N–H and O–H groups in total. The third-order valence-electron chi connectivity index (χ3n) is 1.07. The van der Waals surface area contributed by atoms with Crippen molar-refractivity contribution in [1.82, 2.24) is 0 Å². The van der Waals surface area contributed by atoms with E-state index in [0.717, 1.165) is 5.69 Å². The predicted octanol–water partition coefficient (Wildman–Crippen LogP) is 2.78. The number of rotatable bonds is 2. The first-order chi connectivity index (χ1) is 5.29. The van der Waals surface area contributed by atoms with Gasteiger partial charge in [0.1, 0.15) is 0 Å². The van der Waals surface area contributed by atoms with Crippen molar-refractivity contribution >= 4 is 29.7 Å².